The zero-order valence-electron chi connectivity index (χ0n) is 8.70. The molecule has 1 aliphatic carbocycles. The van der Waals surface area contributed by atoms with Crippen molar-refractivity contribution in [1.82, 2.24) is 4.98 Å². The maximum Gasteiger partial charge on any atom is 0.182 e. The van der Waals surface area contributed by atoms with E-state index in [4.69, 9.17) is 0 Å². The van der Waals surface area contributed by atoms with Crippen LogP contribution in [0.25, 0.3) is 0 Å². The van der Waals surface area contributed by atoms with E-state index in [2.05, 4.69) is 17.2 Å². The van der Waals surface area contributed by atoms with Crippen LogP contribution in [0.3, 0.4) is 0 Å². The molecule has 78 valence electrons. The molecule has 1 aromatic rings. The van der Waals surface area contributed by atoms with Crippen molar-refractivity contribution in [2.24, 2.45) is 5.92 Å². The van der Waals surface area contributed by atoms with Crippen LogP contribution in [0.5, 0.6) is 0 Å². The summed E-state index contributed by atoms with van der Waals surface area (Å²) in [5, 5.41) is 6.65. The Labute approximate surface area is 89.8 Å². The minimum Gasteiger partial charge on any atom is -0.359 e. The second kappa shape index (κ2) is 4.78. The Kier molecular flexibility index (Phi) is 3.40. The number of aromatic nitrogens is 1. The van der Waals surface area contributed by atoms with E-state index in [0.717, 1.165) is 11.0 Å². The predicted octanol–water partition coefficient (Wildman–Crippen LogP) is 3.52. The minimum absolute atomic E-state index is 0.667. The minimum atomic E-state index is 0.667. The summed E-state index contributed by atoms with van der Waals surface area (Å²) in [7, 11) is 0. The number of hydrogen-bond donors (Lipinski definition) is 1. The van der Waals surface area contributed by atoms with Gasteiger partial charge in [-0.15, -0.1) is 11.3 Å². The van der Waals surface area contributed by atoms with Gasteiger partial charge in [0.2, 0.25) is 0 Å². The molecule has 2 atom stereocenters. The van der Waals surface area contributed by atoms with Crippen molar-refractivity contribution >= 4 is 16.5 Å². The molecule has 0 aliphatic heterocycles. The van der Waals surface area contributed by atoms with Gasteiger partial charge >= 0.3 is 0 Å². The van der Waals surface area contributed by atoms with Gasteiger partial charge in [0.1, 0.15) is 0 Å². The van der Waals surface area contributed by atoms with E-state index < -0.39 is 0 Å². The molecule has 2 nitrogen and oxygen atoms in total. The molecule has 0 saturated heterocycles. The molecule has 1 aromatic heterocycles. The van der Waals surface area contributed by atoms with Gasteiger partial charge < -0.3 is 5.32 Å². The van der Waals surface area contributed by atoms with E-state index in [-0.39, 0.29) is 0 Å². The van der Waals surface area contributed by atoms with Crippen LogP contribution in [0.4, 0.5) is 5.13 Å². The summed E-state index contributed by atoms with van der Waals surface area (Å²) < 4.78 is 0. The summed E-state index contributed by atoms with van der Waals surface area (Å²) in [5.41, 5.74) is 0. The normalized spacial score (nSPS) is 27.5. The van der Waals surface area contributed by atoms with E-state index in [1.54, 1.807) is 11.3 Å². The molecule has 1 saturated carbocycles. The fraction of sp³-hybridized carbons (Fsp3) is 0.727. The predicted molar refractivity (Wildman–Crippen MR) is 61.8 cm³/mol. The highest BCUT2D eigenvalue weighted by Gasteiger charge is 2.20. The molecule has 1 heterocycles. The molecule has 1 fully saturated rings. The Hall–Kier alpha value is -0.570. The molecule has 0 aromatic carbocycles. The summed E-state index contributed by atoms with van der Waals surface area (Å²) >= 11 is 1.70. The number of rotatable bonds is 3. The van der Waals surface area contributed by atoms with E-state index in [0.29, 0.717) is 6.04 Å². The van der Waals surface area contributed by atoms with Gasteiger partial charge in [-0.05, 0) is 18.8 Å². The van der Waals surface area contributed by atoms with Crippen LogP contribution >= 0.6 is 11.3 Å². The molecule has 3 heteroatoms. The van der Waals surface area contributed by atoms with Crippen LogP contribution in [0.15, 0.2) is 11.6 Å². The third-order valence-corrected chi connectivity index (χ3v) is 3.82. The molecule has 0 spiro atoms. The maximum atomic E-state index is 4.27. The lowest BCUT2D eigenvalue weighted by atomic mass is 9.84. The lowest BCUT2D eigenvalue weighted by Crippen LogP contribution is -2.26. The molecule has 1 N–H and O–H groups in total. The average Bonchev–Trinajstić information content (AvgIpc) is 2.71. The molecule has 0 bridgehead atoms. The number of anilines is 1. The number of nitrogens with one attached hydrogen (secondary N) is 1. The first-order valence-electron chi connectivity index (χ1n) is 5.54. The van der Waals surface area contributed by atoms with Gasteiger partial charge in [0.05, 0.1) is 0 Å². The van der Waals surface area contributed by atoms with Crippen molar-refractivity contribution in [2.45, 2.75) is 45.1 Å². The van der Waals surface area contributed by atoms with Crippen LogP contribution in [0.2, 0.25) is 0 Å². The first kappa shape index (κ1) is 9.97. The lowest BCUT2D eigenvalue weighted by molar-refractivity contribution is 0.327. The zero-order chi connectivity index (χ0) is 9.80. The Morgan fingerprint density at radius 3 is 3.21 bits per heavy atom. The summed E-state index contributed by atoms with van der Waals surface area (Å²) in [5.74, 6) is 0.932. The molecular weight excluding hydrogens is 192 g/mol. The van der Waals surface area contributed by atoms with Gasteiger partial charge in [-0.2, -0.15) is 0 Å². The fourth-order valence-electron chi connectivity index (χ4n) is 2.26. The maximum absolute atomic E-state index is 4.27. The Morgan fingerprint density at radius 2 is 2.50 bits per heavy atom. The van der Waals surface area contributed by atoms with Crippen molar-refractivity contribution in [2.75, 3.05) is 5.32 Å². The standard InChI is InChI=1S/C11H18N2S/c1-2-9-4-3-5-10(8-9)13-11-12-6-7-14-11/h6-7,9-10H,2-5,8H2,1H3,(H,12,13). The van der Waals surface area contributed by atoms with E-state index in [9.17, 15) is 0 Å². The van der Waals surface area contributed by atoms with Gasteiger partial charge in [0.25, 0.3) is 0 Å². The van der Waals surface area contributed by atoms with Crippen molar-refractivity contribution in [3.05, 3.63) is 11.6 Å². The van der Waals surface area contributed by atoms with Crippen LogP contribution in [0.1, 0.15) is 39.0 Å². The summed E-state index contributed by atoms with van der Waals surface area (Å²) in [6.45, 7) is 2.30. The highest BCUT2D eigenvalue weighted by atomic mass is 32.1. The quantitative estimate of drug-likeness (QED) is 0.825. The van der Waals surface area contributed by atoms with Crippen molar-refractivity contribution in [1.29, 1.82) is 0 Å². The second-order valence-electron chi connectivity index (χ2n) is 4.12. The Bertz CT molecular complexity index is 258. The highest BCUT2D eigenvalue weighted by molar-refractivity contribution is 7.13. The molecular formula is C11H18N2S. The molecule has 2 rings (SSSR count). The van der Waals surface area contributed by atoms with E-state index in [1.165, 1.54) is 32.1 Å². The van der Waals surface area contributed by atoms with Gasteiger partial charge in [0, 0.05) is 17.6 Å². The fourth-order valence-corrected chi connectivity index (χ4v) is 2.87. The largest absolute Gasteiger partial charge is 0.359 e. The summed E-state index contributed by atoms with van der Waals surface area (Å²) in [6, 6.07) is 0.667. The average molecular weight is 210 g/mol. The lowest BCUT2D eigenvalue weighted by Gasteiger charge is -2.28. The van der Waals surface area contributed by atoms with Crippen LogP contribution in [0, 0.1) is 5.92 Å². The smallest absolute Gasteiger partial charge is 0.182 e. The SMILES string of the molecule is CCC1CCCC(Nc2nccs2)C1. The molecule has 2 unspecified atom stereocenters. The van der Waals surface area contributed by atoms with E-state index >= 15 is 0 Å². The monoisotopic (exact) mass is 210 g/mol. The third kappa shape index (κ3) is 2.47. The number of thiazole rings is 1. The number of hydrogen-bond acceptors (Lipinski definition) is 3. The van der Waals surface area contributed by atoms with Gasteiger partial charge in [-0.1, -0.05) is 26.2 Å². The zero-order valence-corrected chi connectivity index (χ0v) is 9.52. The summed E-state index contributed by atoms with van der Waals surface area (Å²) in [6.07, 6.45) is 8.64. The van der Waals surface area contributed by atoms with E-state index in [1.807, 2.05) is 11.6 Å². The third-order valence-electron chi connectivity index (χ3n) is 3.12. The first-order valence-corrected chi connectivity index (χ1v) is 6.42. The van der Waals surface area contributed by atoms with Crippen molar-refractivity contribution in [3.63, 3.8) is 0 Å². The molecule has 14 heavy (non-hydrogen) atoms. The molecule has 0 radical (unpaired) electrons. The van der Waals surface area contributed by atoms with Crippen molar-refractivity contribution in [3.8, 4) is 0 Å². The molecule has 0 amide bonds. The first-order chi connectivity index (χ1) is 6.88. The van der Waals surface area contributed by atoms with Gasteiger partial charge in [0.15, 0.2) is 5.13 Å². The Balaban J connectivity index is 1.86. The van der Waals surface area contributed by atoms with Gasteiger partial charge in [-0.3, -0.25) is 0 Å². The van der Waals surface area contributed by atoms with Crippen LogP contribution in [-0.2, 0) is 0 Å². The second-order valence-corrected chi connectivity index (χ2v) is 5.01. The van der Waals surface area contributed by atoms with Crippen LogP contribution < -0.4 is 5.32 Å². The van der Waals surface area contributed by atoms with Crippen LogP contribution in [-0.4, -0.2) is 11.0 Å². The number of nitrogens with zero attached hydrogens (tertiary/aromatic N) is 1. The molecule has 1 aliphatic rings. The summed E-state index contributed by atoms with van der Waals surface area (Å²) in [4.78, 5) is 4.27. The Morgan fingerprint density at radius 1 is 1.57 bits per heavy atom. The highest BCUT2D eigenvalue weighted by Crippen LogP contribution is 2.28. The topological polar surface area (TPSA) is 24.9 Å². The van der Waals surface area contributed by atoms with Gasteiger partial charge in [-0.25, -0.2) is 4.98 Å². The van der Waals surface area contributed by atoms with Crippen molar-refractivity contribution < 1.29 is 0 Å².